The van der Waals surface area contributed by atoms with Crippen LogP contribution in [0, 0.1) is 5.82 Å². The molecule has 1 saturated heterocycles. The molecule has 1 aliphatic heterocycles. The molecule has 1 heterocycles. The van der Waals surface area contributed by atoms with Crippen molar-refractivity contribution < 1.29 is 18.4 Å². The summed E-state index contributed by atoms with van der Waals surface area (Å²) < 4.78 is 30.4. The van der Waals surface area contributed by atoms with E-state index < -0.39 is 24.1 Å². The van der Waals surface area contributed by atoms with Crippen molar-refractivity contribution in [3.63, 3.8) is 0 Å². The number of halogens is 2. The van der Waals surface area contributed by atoms with Crippen LogP contribution < -0.4 is 10.2 Å². The molecule has 0 amide bonds. The zero-order valence-corrected chi connectivity index (χ0v) is 12.5. The summed E-state index contributed by atoms with van der Waals surface area (Å²) in [5.41, 5.74) is -0.347. The molecule has 0 unspecified atom stereocenters. The highest BCUT2D eigenvalue weighted by Crippen LogP contribution is 2.38. The fourth-order valence-electron chi connectivity index (χ4n) is 1.91. The normalized spacial score (nSPS) is 20.7. The van der Waals surface area contributed by atoms with E-state index in [1.54, 1.807) is 6.07 Å². The maximum Gasteiger partial charge on any atom is 0.498 e. The first-order chi connectivity index (χ1) is 8.69. The lowest BCUT2D eigenvalue weighted by Crippen LogP contribution is -2.41. The standard InChI is InChI=1S/C13H17BClFO3/c1-12(2)13(3,4)19-14(18-12)8-6-7-9(16)10(15)11(8)17-5/h6-7H,1-5H3. The van der Waals surface area contributed by atoms with Gasteiger partial charge in [0.25, 0.3) is 0 Å². The van der Waals surface area contributed by atoms with Crippen LogP contribution in [0.3, 0.4) is 0 Å². The molecule has 0 aliphatic carbocycles. The molecule has 6 heteroatoms. The van der Waals surface area contributed by atoms with Crippen molar-refractivity contribution in [2.75, 3.05) is 7.11 Å². The van der Waals surface area contributed by atoms with E-state index in [1.807, 2.05) is 27.7 Å². The summed E-state index contributed by atoms with van der Waals surface area (Å²) in [5, 5.41) is -0.0605. The van der Waals surface area contributed by atoms with Crippen LogP contribution in [0.25, 0.3) is 0 Å². The smallest absolute Gasteiger partial charge is 0.495 e. The highest BCUT2D eigenvalue weighted by atomic mass is 35.5. The van der Waals surface area contributed by atoms with Crippen LogP contribution in [0.1, 0.15) is 27.7 Å². The molecule has 3 nitrogen and oxygen atoms in total. The van der Waals surface area contributed by atoms with Crippen LogP contribution in [0.2, 0.25) is 5.02 Å². The number of ether oxygens (including phenoxy) is 1. The topological polar surface area (TPSA) is 27.7 Å². The van der Waals surface area contributed by atoms with Crippen molar-refractivity contribution in [3.05, 3.63) is 23.0 Å². The second-order valence-electron chi connectivity index (χ2n) is 5.57. The number of hydrogen-bond acceptors (Lipinski definition) is 3. The van der Waals surface area contributed by atoms with Crippen LogP contribution in [0.4, 0.5) is 4.39 Å². The summed E-state index contributed by atoms with van der Waals surface area (Å²) in [4.78, 5) is 0. The second-order valence-corrected chi connectivity index (χ2v) is 5.95. The third-order valence-electron chi connectivity index (χ3n) is 3.79. The first-order valence-corrected chi connectivity index (χ1v) is 6.45. The molecule has 1 aliphatic rings. The van der Waals surface area contributed by atoms with Crippen molar-refractivity contribution in [2.24, 2.45) is 0 Å². The molecule has 0 bridgehead atoms. The molecule has 1 aromatic rings. The molecule has 0 aromatic heterocycles. The van der Waals surface area contributed by atoms with Crippen molar-refractivity contribution in [3.8, 4) is 5.75 Å². The highest BCUT2D eigenvalue weighted by Gasteiger charge is 2.52. The Morgan fingerprint density at radius 1 is 1.16 bits per heavy atom. The number of rotatable bonds is 2. The van der Waals surface area contributed by atoms with Gasteiger partial charge in [-0.3, -0.25) is 0 Å². The van der Waals surface area contributed by atoms with E-state index in [1.165, 1.54) is 13.2 Å². The molecular formula is C13H17BClFO3. The van der Waals surface area contributed by atoms with Crippen LogP contribution in [0.15, 0.2) is 12.1 Å². The Morgan fingerprint density at radius 2 is 1.68 bits per heavy atom. The van der Waals surface area contributed by atoms with Gasteiger partial charge in [-0.25, -0.2) is 4.39 Å². The van der Waals surface area contributed by atoms with Gasteiger partial charge in [0.2, 0.25) is 0 Å². The van der Waals surface area contributed by atoms with E-state index >= 15 is 0 Å². The van der Waals surface area contributed by atoms with E-state index in [0.717, 1.165) is 0 Å². The zero-order chi connectivity index (χ0) is 14.4. The lowest BCUT2D eigenvalue weighted by atomic mass is 9.78. The Hall–Kier alpha value is -0.775. The molecule has 0 atom stereocenters. The van der Waals surface area contributed by atoms with Gasteiger partial charge in [0.1, 0.15) is 16.6 Å². The van der Waals surface area contributed by atoms with Gasteiger partial charge in [0, 0.05) is 5.46 Å². The minimum atomic E-state index is -0.627. The van der Waals surface area contributed by atoms with Gasteiger partial charge in [-0.15, -0.1) is 0 Å². The Labute approximate surface area is 118 Å². The quantitative estimate of drug-likeness (QED) is 0.783. The summed E-state index contributed by atoms with van der Waals surface area (Å²) in [6, 6.07) is 2.85. The Bertz CT molecular complexity index is 489. The molecule has 0 spiro atoms. The largest absolute Gasteiger partial charge is 0.498 e. The van der Waals surface area contributed by atoms with E-state index in [4.69, 9.17) is 25.6 Å². The maximum absolute atomic E-state index is 13.4. The van der Waals surface area contributed by atoms with Gasteiger partial charge >= 0.3 is 7.12 Å². The van der Waals surface area contributed by atoms with Crippen molar-refractivity contribution in [1.82, 2.24) is 0 Å². The summed E-state index contributed by atoms with van der Waals surface area (Å²) in [6.45, 7) is 7.80. The van der Waals surface area contributed by atoms with Crippen LogP contribution in [-0.4, -0.2) is 25.4 Å². The van der Waals surface area contributed by atoms with E-state index in [-0.39, 0.29) is 10.8 Å². The lowest BCUT2D eigenvalue weighted by molar-refractivity contribution is 0.00578. The molecule has 0 saturated carbocycles. The Kier molecular flexibility index (Phi) is 3.58. The Balaban J connectivity index is 2.43. The first kappa shape index (κ1) is 14.6. The van der Waals surface area contributed by atoms with Crippen molar-refractivity contribution >= 4 is 24.2 Å². The van der Waals surface area contributed by atoms with Gasteiger partial charge in [0.05, 0.1) is 18.3 Å². The summed E-state index contributed by atoms with van der Waals surface area (Å²) in [6.07, 6.45) is 0. The minimum absolute atomic E-state index is 0.0605. The monoisotopic (exact) mass is 286 g/mol. The first-order valence-electron chi connectivity index (χ1n) is 6.07. The molecule has 1 aromatic carbocycles. The molecular weight excluding hydrogens is 269 g/mol. The predicted molar refractivity (Wildman–Crippen MR) is 73.7 cm³/mol. The highest BCUT2D eigenvalue weighted by molar-refractivity contribution is 6.63. The minimum Gasteiger partial charge on any atom is -0.495 e. The third kappa shape index (κ3) is 2.35. The summed E-state index contributed by atoms with van der Waals surface area (Å²) >= 11 is 5.91. The van der Waals surface area contributed by atoms with Gasteiger partial charge in [-0.1, -0.05) is 17.7 Å². The number of hydrogen-bond donors (Lipinski definition) is 0. The average Bonchev–Trinajstić information content (AvgIpc) is 2.51. The molecule has 19 heavy (non-hydrogen) atoms. The lowest BCUT2D eigenvalue weighted by Gasteiger charge is -2.32. The van der Waals surface area contributed by atoms with Crippen LogP contribution in [0.5, 0.6) is 5.75 Å². The Morgan fingerprint density at radius 3 is 2.16 bits per heavy atom. The van der Waals surface area contributed by atoms with Gasteiger partial charge in [-0.05, 0) is 33.8 Å². The van der Waals surface area contributed by atoms with Gasteiger partial charge in [-0.2, -0.15) is 0 Å². The number of benzene rings is 1. The fourth-order valence-corrected chi connectivity index (χ4v) is 2.16. The van der Waals surface area contributed by atoms with E-state index in [0.29, 0.717) is 5.46 Å². The SMILES string of the molecule is COc1c(B2OC(C)(C)C(C)(C)O2)ccc(F)c1Cl. The van der Waals surface area contributed by atoms with Crippen molar-refractivity contribution in [1.29, 1.82) is 0 Å². The third-order valence-corrected chi connectivity index (χ3v) is 4.14. The van der Waals surface area contributed by atoms with Gasteiger partial charge in [0.15, 0.2) is 0 Å². The number of methoxy groups -OCH3 is 1. The maximum atomic E-state index is 13.4. The molecule has 2 rings (SSSR count). The second kappa shape index (κ2) is 4.65. The summed E-state index contributed by atoms with van der Waals surface area (Å²) in [7, 11) is 0.813. The predicted octanol–water partition coefficient (Wildman–Crippen LogP) is 2.79. The van der Waals surface area contributed by atoms with E-state index in [9.17, 15) is 4.39 Å². The molecule has 0 N–H and O–H groups in total. The van der Waals surface area contributed by atoms with Crippen molar-refractivity contribution in [2.45, 2.75) is 38.9 Å². The fraction of sp³-hybridized carbons (Fsp3) is 0.538. The zero-order valence-electron chi connectivity index (χ0n) is 11.7. The molecule has 0 radical (unpaired) electrons. The molecule has 104 valence electrons. The van der Waals surface area contributed by atoms with Gasteiger partial charge < -0.3 is 14.0 Å². The summed E-state index contributed by atoms with van der Waals surface area (Å²) in [5.74, 6) is -0.279. The van der Waals surface area contributed by atoms with E-state index in [2.05, 4.69) is 0 Å². The van der Waals surface area contributed by atoms with Crippen LogP contribution in [-0.2, 0) is 9.31 Å². The van der Waals surface area contributed by atoms with Crippen LogP contribution >= 0.6 is 11.6 Å². The molecule has 1 fully saturated rings. The average molecular weight is 287 g/mol.